The maximum absolute atomic E-state index is 11.4. The van der Waals surface area contributed by atoms with Crippen LogP contribution in [0.2, 0.25) is 0 Å². The molecule has 0 aliphatic rings. The molecule has 0 aromatic carbocycles. The van der Waals surface area contributed by atoms with Gasteiger partial charge in [0.05, 0.1) is 23.8 Å². The zero-order valence-electron chi connectivity index (χ0n) is 17.1. The number of hydrogen-bond acceptors (Lipinski definition) is 9. The largest absolute Gasteiger partial charge is 0.481 e. The van der Waals surface area contributed by atoms with Gasteiger partial charge in [0.1, 0.15) is 0 Å². The van der Waals surface area contributed by atoms with Gasteiger partial charge in [-0.1, -0.05) is 10.4 Å². The Kier molecular flexibility index (Phi) is 8.34. The minimum atomic E-state index is -1.22. The number of hydrogen-bond donors (Lipinski definition) is 4. The van der Waals surface area contributed by atoms with Crippen molar-refractivity contribution in [2.45, 2.75) is 50.9 Å². The fourth-order valence-corrected chi connectivity index (χ4v) is 2.94. The number of rotatable bonds is 14. The van der Waals surface area contributed by atoms with Crippen LogP contribution in [0.4, 0.5) is 0 Å². The van der Waals surface area contributed by atoms with Crippen LogP contribution in [0.5, 0.6) is 0 Å². The van der Waals surface area contributed by atoms with Crippen molar-refractivity contribution in [2.75, 3.05) is 7.05 Å². The van der Waals surface area contributed by atoms with Crippen molar-refractivity contribution in [3.63, 3.8) is 0 Å². The molecule has 0 unspecified atom stereocenters. The molecule has 0 aliphatic heterocycles. The quantitative estimate of drug-likeness (QED) is 0.284. The Bertz CT molecular complexity index is 896. The number of aromatic nitrogens is 6. The van der Waals surface area contributed by atoms with Gasteiger partial charge in [0, 0.05) is 25.9 Å². The molecule has 0 aliphatic carbocycles. The van der Waals surface area contributed by atoms with Gasteiger partial charge in [0.25, 0.3) is 0 Å². The zero-order valence-corrected chi connectivity index (χ0v) is 17.1. The van der Waals surface area contributed by atoms with Gasteiger partial charge in [-0.05, 0) is 19.9 Å². The molecule has 2 heterocycles. The van der Waals surface area contributed by atoms with Crippen LogP contribution in [0.25, 0.3) is 0 Å². The van der Waals surface area contributed by atoms with E-state index in [4.69, 9.17) is 10.2 Å². The summed E-state index contributed by atoms with van der Waals surface area (Å²) in [5.74, 6) is -4.66. The number of carboxylic acids is 4. The van der Waals surface area contributed by atoms with Gasteiger partial charge in [-0.3, -0.25) is 14.5 Å². The molecule has 0 fully saturated rings. The zero-order chi connectivity index (χ0) is 23.8. The summed E-state index contributed by atoms with van der Waals surface area (Å²) in [4.78, 5) is 46.0. The Morgan fingerprint density at radius 3 is 1.50 bits per heavy atom. The van der Waals surface area contributed by atoms with Crippen molar-refractivity contribution in [3.05, 3.63) is 23.8 Å². The molecule has 2 aromatic heterocycles. The Morgan fingerprint density at radius 1 is 0.812 bits per heavy atom. The van der Waals surface area contributed by atoms with Crippen molar-refractivity contribution in [1.29, 1.82) is 0 Å². The lowest BCUT2D eigenvalue weighted by atomic mass is 10.1. The van der Waals surface area contributed by atoms with Crippen LogP contribution in [0.15, 0.2) is 12.4 Å². The molecule has 15 nitrogen and oxygen atoms in total. The highest BCUT2D eigenvalue weighted by Crippen LogP contribution is 2.16. The number of carboxylic acid groups (broad SMARTS) is 4. The maximum atomic E-state index is 11.4. The first-order valence-electron chi connectivity index (χ1n) is 9.46. The Labute approximate surface area is 180 Å². The van der Waals surface area contributed by atoms with Gasteiger partial charge in [-0.2, -0.15) is 0 Å². The van der Waals surface area contributed by atoms with Gasteiger partial charge in [0.15, 0.2) is 12.1 Å². The predicted octanol–water partition coefficient (Wildman–Crippen LogP) is -0.517. The molecule has 4 N–H and O–H groups in total. The van der Waals surface area contributed by atoms with Crippen LogP contribution in [-0.2, 0) is 32.3 Å². The molecule has 32 heavy (non-hydrogen) atoms. The lowest BCUT2D eigenvalue weighted by molar-refractivity contribution is -0.144. The van der Waals surface area contributed by atoms with Crippen molar-refractivity contribution in [2.24, 2.45) is 0 Å². The number of aliphatic carboxylic acids is 4. The summed E-state index contributed by atoms with van der Waals surface area (Å²) in [6.07, 6.45) is 1.90. The Morgan fingerprint density at radius 2 is 1.19 bits per heavy atom. The second-order valence-electron chi connectivity index (χ2n) is 7.12. The molecule has 0 saturated heterocycles. The molecule has 2 atom stereocenters. The Balaban J connectivity index is 1.99. The summed E-state index contributed by atoms with van der Waals surface area (Å²) >= 11 is 0. The van der Waals surface area contributed by atoms with Crippen LogP contribution in [0.1, 0.15) is 49.2 Å². The minimum absolute atomic E-state index is 0.140. The van der Waals surface area contributed by atoms with Crippen molar-refractivity contribution in [1.82, 2.24) is 34.9 Å². The third-order valence-electron chi connectivity index (χ3n) is 4.45. The lowest BCUT2D eigenvalue weighted by Crippen LogP contribution is -2.21. The average molecular weight is 453 g/mol. The normalized spacial score (nSPS) is 13.1. The van der Waals surface area contributed by atoms with Crippen LogP contribution in [0, 0.1) is 0 Å². The number of nitrogens with zero attached hydrogens (tertiary/aromatic N) is 7. The second kappa shape index (κ2) is 10.9. The van der Waals surface area contributed by atoms with E-state index in [2.05, 4.69) is 20.6 Å². The van der Waals surface area contributed by atoms with Gasteiger partial charge in [-0.15, -0.1) is 10.2 Å². The van der Waals surface area contributed by atoms with Crippen LogP contribution in [0.3, 0.4) is 0 Å². The summed E-state index contributed by atoms with van der Waals surface area (Å²) in [6.45, 7) is 0.499. The van der Waals surface area contributed by atoms with Crippen LogP contribution in [-0.4, -0.2) is 86.2 Å². The van der Waals surface area contributed by atoms with Crippen molar-refractivity contribution in [3.8, 4) is 0 Å². The predicted molar refractivity (Wildman–Crippen MR) is 102 cm³/mol. The summed E-state index contributed by atoms with van der Waals surface area (Å²) in [5.41, 5.74) is 0.873. The molecular formula is C17H23N7O8. The average Bonchev–Trinajstić information content (AvgIpc) is 3.31. The molecule has 0 amide bonds. The van der Waals surface area contributed by atoms with Crippen molar-refractivity contribution < 1.29 is 39.6 Å². The van der Waals surface area contributed by atoms with Gasteiger partial charge in [0.2, 0.25) is 0 Å². The standard InChI is InChI=1S/C17H23N7O8/c1-22(6-10-8-23(20-18-10)12(16(29)30)2-4-14(25)26)7-11-9-24(21-19-11)13(17(31)32)3-5-15(27)28/h8-9,12-13H,2-7H2,1H3,(H,25,26)(H,27,28)(H,29,30)(H,31,32)/t12-,13-/m0/s1. The summed E-state index contributed by atoms with van der Waals surface area (Å²) in [6, 6.07) is -2.31. The van der Waals surface area contributed by atoms with Crippen LogP contribution < -0.4 is 0 Å². The van der Waals surface area contributed by atoms with Crippen molar-refractivity contribution >= 4 is 23.9 Å². The topological polar surface area (TPSA) is 214 Å². The number of carbonyl (C=O) groups is 4. The molecule has 2 rings (SSSR count). The highest BCUT2D eigenvalue weighted by atomic mass is 16.4. The van der Waals surface area contributed by atoms with Gasteiger partial charge >= 0.3 is 23.9 Å². The van der Waals surface area contributed by atoms with E-state index >= 15 is 0 Å². The third kappa shape index (κ3) is 7.12. The first kappa shape index (κ1) is 24.4. The van der Waals surface area contributed by atoms with E-state index in [9.17, 15) is 29.4 Å². The molecule has 174 valence electrons. The first-order valence-corrected chi connectivity index (χ1v) is 9.46. The Hall–Kier alpha value is -3.88. The third-order valence-corrected chi connectivity index (χ3v) is 4.45. The smallest absolute Gasteiger partial charge is 0.328 e. The highest BCUT2D eigenvalue weighted by molar-refractivity contribution is 5.74. The molecule has 15 heteroatoms. The second-order valence-corrected chi connectivity index (χ2v) is 7.12. The monoisotopic (exact) mass is 453 g/mol. The highest BCUT2D eigenvalue weighted by Gasteiger charge is 2.24. The molecular weight excluding hydrogens is 430 g/mol. The molecule has 0 saturated carbocycles. The summed E-state index contributed by atoms with van der Waals surface area (Å²) in [7, 11) is 1.72. The maximum Gasteiger partial charge on any atom is 0.328 e. The van der Waals surface area contributed by atoms with Crippen LogP contribution >= 0.6 is 0 Å². The molecule has 0 radical (unpaired) electrons. The fourth-order valence-electron chi connectivity index (χ4n) is 2.94. The summed E-state index contributed by atoms with van der Waals surface area (Å²) < 4.78 is 2.20. The van der Waals surface area contributed by atoms with E-state index in [0.717, 1.165) is 9.36 Å². The SMILES string of the molecule is CN(Cc1cn([C@@H](CCC(=O)O)C(=O)O)nn1)Cc1cn([C@@H](CCC(=O)O)C(=O)O)nn1. The van der Waals surface area contributed by atoms with Gasteiger partial charge < -0.3 is 20.4 Å². The van der Waals surface area contributed by atoms with E-state index < -0.39 is 36.0 Å². The minimum Gasteiger partial charge on any atom is -0.481 e. The van der Waals surface area contributed by atoms with E-state index in [0.29, 0.717) is 11.4 Å². The molecule has 0 bridgehead atoms. The first-order chi connectivity index (χ1) is 15.1. The van der Waals surface area contributed by atoms with E-state index in [1.807, 2.05) is 0 Å². The fraction of sp³-hybridized carbons (Fsp3) is 0.529. The summed E-state index contributed by atoms with van der Waals surface area (Å²) in [5, 5.41) is 51.5. The van der Waals surface area contributed by atoms with E-state index in [1.165, 1.54) is 12.4 Å². The van der Waals surface area contributed by atoms with Gasteiger partial charge in [-0.25, -0.2) is 19.0 Å². The lowest BCUT2D eigenvalue weighted by Gasteiger charge is -2.13. The van der Waals surface area contributed by atoms with E-state index in [1.54, 1.807) is 11.9 Å². The molecule has 2 aromatic rings. The van der Waals surface area contributed by atoms with E-state index in [-0.39, 0.29) is 38.8 Å². The molecule has 0 spiro atoms.